The second kappa shape index (κ2) is 5.66. The second-order valence-corrected chi connectivity index (χ2v) is 4.92. The van der Waals surface area contributed by atoms with Crippen LogP contribution >= 0.6 is 0 Å². The van der Waals surface area contributed by atoms with Gasteiger partial charge in [0.1, 0.15) is 6.10 Å². The van der Waals surface area contributed by atoms with Gasteiger partial charge >= 0.3 is 0 Å². The maximum Gasteiger partial charge on any atom is 0.106 e. The zero-order valence-electron chi connectivity index (χ0n) is 10.3. The van der Waals surface area contributed by atoms with Gasteiger partial charge < -0.3 is 9.84 Å². The highest BCUT2D eigenvalue weighted by Gasteiger charge is 2.37. The zero-order valence-corrected chi connectivity index (χ0v) is 10.3. The topological polar surface area (TPSA) is 29.5 Å². The molecule has 0 aromatic heterocycles. The summed E-state index contributed by atoms with van der Waals surface area (Å²) < 4.78 is 5.53. The minimum Gasteiger partial charge on any atom is -0.386 e. The average Bonchev–Trinajstić information content (AvgIpc) is 2.44. The second-order valence-electron chi connectivity index (χ2n) is 4.92. The van der Waals surface area contributed by atoms with Crippen LogP contribution in [-0.4, -0.2) is 23.4 Å². The van der Waals surface area contributed by atoms with E-state index in [1.807, 2.05) is 13.8 Å². The predicted molar refractivity (Wildman–Crippen MR) is 62.9 cm³/mol. The maximum atomic E-state index is 9.93. The Morgan fingerprint density at radius 1 is 1.40 bits per heavy atom. The Hall–Kier alpha value is -0.340. The Morgan fingerprint density at radius 3 is 2.67 bits per heavy atom. The molecule has 1 N–H and O–H groups in total. The van der Waals surface area contributed by atoms with E-state index in [4.69, 9.17) is 4.74 Å². The van der Waals surface area contributed by atoms with Gasteiger partial charge in [-0.25, -0.2) is 0 Å². The van der Waals surface area contributed by atoms with Gasteiger partial charge in [0.2, 0.25) is 0 Å². The molecule has 0 bridgehead atoms. The van der Waals surface area contributed by atoms with Crippen LogP contribution in [-0.2, 0) is 4.74 Å². The minimum atomic E-state index is -0.413. The molecule has 0 unspecified atom stereocenters. The third-order valence-corrected chi connectivity index (χ3v) is 3.08. The monoisotopic (exact) mass is 212 g/mol. The van der Waals surface area contributed by atoms with E-state index in [0.717, 1.165) is 12.0 Å². The van der Waals surface area contributed by atoms with E-state index in [1.54, 1.807) is 0 Å². The van der Waals surface area contributed by atoms with Crippen LogP contribution in [0.1, 0.15) is 52.9 Å². The van der Waals surface area contributed by atoms with Crippen LogP contribution in [0, 0.1) is 0 Å². The molecular formula is C13H24O2. The molecule has 0 saturated carbocycles. The van der Waals surface area contributed by atoms with Crippen molar-refractivity contribution in [1.82, 2.24) is 0 Å². The molecule has 2 heteroatoms. The van der Waals surface area contributed by atoms with Gasteiger partial charge in [0.05, 0.1) is 12.2 Å². The molecule has 0 aromatic carbocycles. The first-order valence-electron chi connectivity index (χ1n) is 6.09. The van der Waals surface area contributed by atoms with Crippen molar-refractivity contribution in [3.05, 3.63) is 11.6 Å². The molecule has 1 saturated heterocycles. The van der Waals surface area contributed by atoms with Crippen molar-refractivity contribution in [3.63, 3.8) is 0 Å². The summed E-state index contributed by atoms with van der Waals surface area (Å²) in [4.78, 5) is 0. The fourth-order valence-corrected chi connectivity index (χ4v) is 1.90. The van der Waals surface area contributed by atoms with E-state index >= 15 is 0 Å². The Kier molecular flexibility index (Phi) is 4.81. The summed E-state index contributed by atoms with van der Waals surface area (Å²) in [6, 6.07) is 0. The molecule has 2 nitrogen and oxygen atoms in total. The summed E-state index contributed by atoms with van der Waals surface area (Å²) in [5.41, 5.74) is 0.673. The van der Waals surface area contributed by atoms with Gasteiger partial charge in [0.15, 0.2) is 0 Å². The summed E-state index contributed by atoms with van der Waals surface area (Å²) >= 11 is 0. The van der Waals surface area contributed by atoms with Crippen molar-refractivity contribution >= 4 is 0 Å². The molecule has 1 heterocycles. The standard InChI is InChI=1S/C13H24O2/c1-4-5-6-7-8-9-11-10-15-13(2,3)12(11)14/h9,12,14H,4-8,10H2,1-3H3/b11-9+/t12-/m1/s1. The maximum absolute atomic E-state index is 9.93. The van der Waals surface area contributed by atoms with Crippen LogP contribution < -0.4 is 0 Å². The molecule has 88 valence electrons. The fourth-order valence-electron chi connectivity index (χ4n) is 1.90. The van der Waals surface area contributed by atoms with Gasteiger partial charge in [-0.05, 0) is 32.3 Å². The first kappa shape index (κ1) is 12.7. The Labute approximate surface area is 93.3 Å². The average molecular weight is 212 g/mol. The number of hydrogen-bond acceptors (Lipinski definition) is 2. The molecular weight excluding hydrogens is 188 g/mol. The van der Waals surface area contributed by atoms with Crippen molar-refractivity contribution in [3.8, 4) is 0 Å². The first-order valence-corrected chi connectivity index (χ1v) is 6.09. The van der Waals surface area contributed by atoms with Crippen molar-refractivity contribution in [1.29, 1.82) is 0 Å². The van der Waals surface area contributed by atoms with Crippen LogP contribution in [0.3, 0.4) is 0 Å². The third kappa shape index (κ3) is 3.62. The number of aliphatic hydroxyl groups is 1. The number of aliphatic hydroxyl groups excluding tert-OH is 1. The van der Waals surface area contributed by atoms with Crippen molar-refractivity contribution in [2.75, 3.05) is 6.61 Å². The van der Waals surface area contributed by atoms with Crippen LogP contribution in [0.4, 0.5) is 0 Å². The number of ether oxygens (including phenoxy) is 1. The smallest absolute Gasteiger partial charge is 0.106 e. The number of allylic oxidation sites excluding steroid dienone is 1. The van der Waals surface area contributed by atoms with Gasteiger partial charge in [-0.3, -0.25) is 0 Å². The molecule has 1 aliphatic heterocycles. The molecule has 0 radical (unpaired) electrons. The number of hydrogen-bond donors (Lipinski definition) is 1. The quantitative estimate of drug-likeness (QED) is 0.560. The highest BCUT2D eigenvalue weighted by atomic mass is 16.5. The molecule has 0 amide bonds. The van der Waals surface area contributed by atoms with Gasteiger partial charge in [0, 0.05) is 0 Å². The van der Waals surface area contributed by atoms with E-state index in [-0.39, 0.29) is 0 Å². The third-order valence-electron chi connectivity index (χ3n) is 3.08. The lowest BCUT2D eigenvalue weighted by Crippen LogP contribution is -2.32. The Morgan fingerprint density at radius 2 is 2.13 bits per heavy atom. The highest BCUT2D eigenvalue weighted by molar-refractivity contribution is 5.18. The molecule has 0 aliphatic carbocycles. The summed E-state index contributed by atoms with van der Waals surface area (Å²) in [5.74, 6) is 0. The van der Waals surface area contributed by atoms with Crippen molar-refractivity contribution in [2.45, 2.75) is 64.6 Å². The number of unbranched alkanes of at least 4 members (excludes halogenated alkanes) is 4. The molecule has 1 rings (SSSR count). The predicted octanol–water partition coefficient (Wildman–Crippen LogP) is 3.05. The lowest BCUT2D eigenvalue weighted by Gasteiger charge is -2.20. The lowest BCUT2D eigenvalue weighted by molar-refractivity contribution is -0.0271. The highest BCUT2D eigenvalue weighted by Crippen LogP contribution is 2.29. The van der Waals surface area contributed by atoms with Crippen LogP contribution in [0.15, 0.2) is 11.6 Å². The van der Waals surface area contributed by atoms with Gasteiger partial charge in [-0.1, -0.05) is 32.3 Å². The molecule has 1 aliphatic rings. The Bertz CT molecular complexity index is 219. The van der Waals surface area contributed by atoms with Gasteiger partial charge in [0.25, 0.3) is 0 Å². The van der Waals surface area contributed by atoms with E-state index in [0.29, 0.717) is 6.61 Å². The summed E-state index contributed by atoms with van der Waals surface area (Å²) in [6.07, 6.45) is 7.93. The van der Waals surface area contributed by atoms with Crippen LogP contribution in [0.25, 0.3) is 0 Å². The molecule has 1 atom stereocenters. The fraction of sp³-hybridized carbons (Fsp3) is 0.846. The zero-order chi connectivity index (χ0) is 11.3. The molecule has 0 spiro atoms. The minimum absolute atomic E-state index is 0.394. The summed E-state index contributed by atoms with van der Waals surface area (Å²) in [7, 11) is 0. The Balaban J connectivity index is 2.29. The normalized spacial score (nSPS) is 27.5. The van der Waals surface area contributed by atoms with E-state index < -0.39 is 11.7 Å². The lowest BCUT2D eigenvalue weighted by atomic mass is 9.97. The van der Waals surface area contributed by atoms with Crippen molar-refractivity contribution < 1.29 is 9.84 Å². The van der Waals surface area contributed by atoms with E-state index in [2.05, 4.69) is 13.0 Å². The number of rotatable bonds is 5. The molecule has 0 aromatic rings. The summed E-state index contributed by atoms with van der Waals surface area (Å²) in [6.45, 7) is 6.70. The largest absolute Gasteiger partial charge is 0.386 e. The molecule has 15 heavy (non-hydrogen) atoms. The van der Waals surface area contributed by atoms with Gasteiger partial charge in [-0.15, -0.1) is 0 Å². The SMILES string of the molecule is CCCCCC/C=C1\COC(C)(C)[C@@H]1O. The first-order chi connectivity index (χ1) is 7.08. The summed E-state index contributed by atoms with van der Waals surface area (Å²) in [5, 5.41) is 9.93. The molecule has 1 fully saturated rings. The van der Waals surface area contributed by atoms with Crippen LogP contribution in [0.5, 0.6) is 0 Å². The van der Waals surface area contributed by atoms with E-state index in [1.165, 1.54) is 25.7 Å². The van der Waals surface area contributed by atoms with Crippen molar-refractivity contribution in [2.24, 2.45) is 0 Å². The van der Waals surface area contributed by atoms with Gasteiger partial charge in [-0.2, -0.15) is 0 Å². The van der Waals surface area contributed by atoms with Crippen LogP contribution in [0.2, 0.25) is 0 Å². The van der Waals surface area contributed by atoms with E-state index in [9.17, 15) is 5.11 Å².